The van der Waals surface area contributed by atoms with E-state index in [1.165, 1.54) is 0 Å². The number of nitrogens with zero attached hydrogens (tertiary/aromatic N) is 1. The SMILES string of the molecule is Cc1ccc(C(C)NO)cn1. The molecule has 0 saturated heterocycles. The fourth-order valence-corrected chi connectivity index (χ4v) is 0.810. The monoisotopic (exact) mass is 152 g/mol. The highest BCUT2D eigenvalue weighted by Gasteiger charge is 2.01. The van der Waals surface area contributed by atoms with Crippen LogP contribution in [0.25, 0.3) is 0 Å². The van der Waals surface area contributed by atoms with Crippen LogP contribution in [0.2, 0.25) is 0 Å². The van der Waals surface area contributed by atoms with E-state index in [0.29, 0.717) is 0 Å². The summed E-state index contributed by atoms with van der Waals surface area (Å²) in [6.07, 6.45) is 1.75. The Morgan fingerprint density at radius 1 is 1.55 bits per heavy atom. The molecule has 1 aromatic heterocycles. The first-order chi connectivity index (χ1) is 5.24. The molecule has 1 unspecified atom stereocenters. The number of rotatable bonds is 2. The maximum absolute atomic E-state index is 8.58. The van der Waals surface area contributed by atoms with Crippen LogP contribution in [0.3, 0.4) is 0 Å². The van der Waals surface area contributed by atoms with Crippen molar-refractivity contribution in [2.45, 2.75) is 19.9 Å². The third-order valence-corrected chi connectivity index (χ3v) is 1.63. The summed E-state index contributed by atoms with van der Waals surface area (Å²) in [6, 6.07) is 3.81. The van der Waals surface area contributed by atoms with Crippen LogP contribution >= 0.6 is 0 Å². The zero-order valence-electron chi connectivity index (χ0n) is 6.70. The van der Waals surface area contributed by atoms with E-state index in [2.05, 4.69) is 10.5 Å². The largest absolute Gasteiger partial charge is 0.316 e. The van der Waals surface area contributed by atoms with E-state index in [4.69, 9.17) is 5.21 Å². The van der Waals surface area contributed by atoms with E-state index in [-0.39, 0.29) is 6.04 Å². The number of hydrogen-bond donors (Lipinski definition) is 2. The first kappa shape index (κ1) is 8.17. The van der Waals surface area contributed by atoms with Crippen LogP contribution in [0.5, 0.6) is 0 Å². The van der Waals surface area contributed by atoms with Gasteiger partial charge in [0.05, 0.1) is 6.04 Å². The van der Waals surface area contributed by atoms with Crippen molar-refractivity contribution in [1.82, 2.24) is 10.5 Å². The number of aromatic nitrogens is 1. The van der Waals surface area contributed by atoms with Crippen molar-refractivity contribution in [1.29, 1.82) is 0 Å². The zero-order valence-corrected chi connectivity index (χ0v) is 6.70. The van der Waals surface area contributed by atoms with Crippen LogP contribution in [0, 0.1) is 6.92 Å². The van der Waals surface area contributed by atoms with E-state index < -0.39 is 0 Å². The summed E-state index contributed by atoms with van der Waals surface area (Å²) in [4.78, 5) is 4.10. The predicted molar refractivity (Wildman–Crippen MR) is 42.3 cm³/mol. The molecule has 3 heteroatoms. The van der Waals surface area contributed by atoms with Gasteiger partial charge in [0.1, 0.15) is 0 Å². The van der Waals surface area contributed by atoms with Gasteiger partial charge in [0.15, 0.2) is 0 Å². The van der Waals surface area contributed by atoms with Crippen LogP contribution in [-0.2, 0) is 0 Å². The molecule has 0 radical (unpaired) electrons. The van der Waals surface area contributed by atoms with E-state index in [1.807, 2.05) is 26.0 Å². The molecule has 0 bridgehead atoms. The van der Waals surface area contributed by atoms with Crippen LogP contribution < -0.4 is 5.48 Å². The highest BCUT2D eigenvalue weighted by Crippen LogP contribution is 2.09. The Labute approximate surface area is 66.0 Å². The Hall–Kier alpha value is -0.930. The van der Waals surface area contributed by atoms with Crippen LogP contribution in [0.15, 0.2) is 18.3 Å². The summed E-state index contributed by atoms with van der Waals surface area (Å²) in [5, 5.41) is 8.58. The standard InChI is InChI=1S/C8H12N2O/c1-6-3-4-8(5-9-6)7(2)10-11/h3-5,7,10-11H,1-2H3. The van der Waals surface area contributed by atoms with Gasteiger partial charge in [0, 0.05) is 11.9 Å². The van der Waals surface area contributed by atoms with Gasteiger partial charge < -0.3 is 5.21 Å². The van der Waals surface area contributed by atoms with Gasteiger partial charge in [-0.25, -0.2) is 0 Å². The molecule has 0 saturated carbocycles. The van der Waals surface area contributed by atoms with Crippen molar-refractivity contribution in [3.63, 3.8) is 0 Å². The lowest BCUT2D eigenvalue weighted by Gasteiger charge is -2.07. The number of aryl methyl sites for hydroxylation is 1. The lowest BCUT2D eigenvalue weighted by atomic mass is 10.1. The van der Waals surface area contributed by atoms with Crippen LogP contribution in [0.4, 0.5) is 0 Å². The highest BCUT2D eigenvalue weighted by molar-refractivity contribution is 5.15. The molecule has 0 fully saturated rings. The Morgan fingerprint density at radius 2 is 2.27 bits per heavy atom. The molecule has 0 amide bonds. The minimum Gasteiger partial charge on any atom is -0.316 e. The van der Waals surface area contributed by atoms with Crippen molar-refractivity contribution < 1.29 is 5.21 Å². The maximum atomic E-state index is 8.58. The van der Waals surface area contributed by atoms with E-state index in [0.717, 1.165) is 11.3 Å². The van der Waals surface area contributed by atoms with Gasteiger partial charge in [-0.15, -0.1) is 0 Å². The van der Waals surface area contributed by atoms with Gasteiger partial charge in [-0.2, -0.15) is 5.48 Å². The molecule has 0 aromatic carbocycles. The predicted octanol–water partition coefficient (Wildman–Crippen LogP) is 1.43. The van der Waals surface area contributed by atoms with Crippen molar-refractivity contribution in [3.05, 3.63) is 29.6 Å². The number of nitrogens with one attached hydrogen (secondary N) is 1. The van der Waals surface area contributed by atoms with Gasteiger partial charge >= 0.3 is 0 Å². The first-order valence-electron chi connectivity index (χ1n) is 3.56. The van der Waals surface area contributed by atoms with Gasteiger partial charge in [0.2, 0.25) is 0 Å². The molecule has 0 spiro atoms. The van der Waals surface area contributed by atoms with Crippen molar-refractivity contribution in [2.75, 3.05) is 0 Å². The van der Waals surface area contributed by atoms with E-state index >= 15 is 0 Å². The second-order valence-electron chi connectivity index (χ2n) is 2.58. The fraction of sp³-hybridized carbons (Fsp3) is 0.375. The van der Waals surface area contributed by atoms with Crippen molar-refractivity contribution >= 4 is 0 Å². The Bertz CT molecular complexity index is 220. The van der Waals surface area contributed by atoms with Gasteiger partial charge in [-0.1, -0.05) is 6.07 Å². The maximum Gasteiger partial charge on any atom is 0.0555 e. The van der Waals surface area contributed by atoms with Crippen LogP contribution in [0.1, 0.15) is 24.2 Å². The average molecular weight is 152 g/mol. The molecule has 3 nitrogen and oxygen atoms in total. The second-order valence-corrected chi connectivity index (χ2v) is 2.58. The summed E-state index contributed by atoms with van der Waals surface area (Å²) in [6.45, 7) is 3.80. The lowest BCUT2D eigenvalue weighted by molar-refractivity contribution is 0.133. The Balaban J connectivity index is 2.81. The molecule has 0 aliphatic carbocycles. The first-order valence-corrected chi connectivity index (χ1v) is 3.56. The quantitative estimate of drug-likeness (QED) is 0.630. The Kier molecular flexibility index (Phi) is 2.57. The number of hydroxylamine groups is 1. The second kappa shape index (κ2) is 3.46. The molecule has 11 heavy (non-hydrogen) atoms. The molecular formula is C8H12N2O. The molecule has 2 N–H and O–H groups in total. The minimum absolute atomic E-state index is 0.0527. The molecule has 1 aromatic rings. The molecule has 0 aliphatic heterocycles. The summed E-state index contributed by atoms with van der Waals surface area (Å²) < 4.78 is 0. The molecular weight excluding hydrogens is 140 g/mol. The lowest BCUT2D eigenvalue weighted by Crippen LogP contribution is -2.13. The number of hydrogen-bond acceptors (Lipinski definition) is 3. The molecule has 1 atom stereocenters. The minimum atomic E-state index is -0.0527. The van der Waals surface area contributed by atoms with Gasteiger partial charge in [-0.05, 0) is 25.5 Å². The third-order valence-electron chi connectivity index (χ3n) is 1.63. The topological polar surface area (TPSA) is 45.1 Å². The normalized spacial score (nSPS) is 13.0. The van der Waals surface area contributed by atoms with Gasteiger partial charge in [0.25, 0.3) is 0 Å². The molecule has 1 rings (SSSR count). The van der Waals surface area contributed by atoms with Crippen molar-refractivity contribution in [3.8, 4) is 0 Å². The van der Waals surface area contributed by atoms with Gasteiger partial charge in [-0.3, -0.25) is 4.98 Å². The Morgan fingerprint density at radius 3 is 2.73 bits per heavy atom. The fourth-order valence-electron chi connectivity index (χ4n) is 0.810. The third kappa shape index (κ3) is 2.00. The van der Waals surface area contributed by atoms with E-state index in [1.54, 1.807) is 6.20 Å². The smallest absolute Gasteiger partial charge is 0.0555 e. The summed E-state index contributed by atoms with van der Waals surface area (Å²) in [5.74, 6) is 0. The molecule has 0 aliphatic rings. The zero-order chi connectivity index (χ0) is 8.27. The van der Waals surface area contributed by atoms with Crippen molar-refractivity contribution in [2.24, 2.45) is 0 Å². The highest BCUT2D eigenvalue weighted by atomic mass is 16.5. The summed E-state index contributed by atoms with van der Waals surface area (Å²) in [5.41, 5.74) is 4.13. The van der Waals surface area contributed by atoms with Crippen LogP contribution in [-0.4, -0.2) is 10.2 Å². The molecule has 1 heterocycles. The van der Waals surface area contributed by atoms with E-state index in [9.17, 15) is 0 Å². The summed E-state index contributed by atoms with van der Waals surface area (Å²) in [7, 11) is 0. The summed E-state index contributed by atoms with van der Waals surface area (Å²) >= 11 is 0. The number of pyridine rings is 1. The molecule has 60 valence electrons. The average Bonchev–Trinajstić information content (AvgIpc) is 2.05.